The summed E-state index contributed by atoms with van der Waals surface area (Å²) in [4.78, 5) is 0. The van der Waals surface area contributed by atoms with Gasteiger partial charge in [0.25, 0.3) is 0 Å². The minimum atomic E-state index is 0. The largest absolute Gasteiger partial charge is 4.00 e. The van der Waals surface area contributed by atoms with Crippen LogP contribution in [-0.2, 0) is 32.7 Å². The van der Waals surface area contributed by atoms with E-state index in [0.717, 1.165) is 0 Å². The summed E-state index contributed by atoms with van der Waals surface area (Å²) < 4.78 is 0. The third-order valence-electron chi connectivity index (χ3n) is 0. The minimum Gasteiger partial charge on any atom is -2.00 e. The van der Waals surface area contributed by atoms with Crippen molar-refractivity contribution in [3.63, 3.8) is 0 Å². The average Bonchev–Trinajstić information content (AvgIpc) is 0. The minimum absolute atomic E-state index is 0. The summed E-state index contributed by atoms with van der Waals surface area (Å²) in [5.74, 6) is 0. The summed E-state index contributed by atoms with van der Waals surface area (Å²) in [7, 11) is 0. The first kappa shape index (κ1) is 73.9. The third-order valence-corrected chi connectivity index (χ3v) is 0. The molecule has 0 saturated carbocycles. The summed E-state index contributed by atoms with van der Waals surface area (Å²) in [5.41, 5.74) is 0. The van der Waals surface area contributed by atoms with E-state index >= 15 is 0 Å². The van der Waals surface area contributed by atoms with Gasteiger partial charge in [0.2, 0.25) is 0 Å². The van der Waals surface area contributed by atoms with E-state index in [1.54, 1.807) is 0 Å². The Morgan fingerprint density at radius 1 is 0.750 bits per heavy atom. The summed E-state index contributed by atoms with van der Waals surface area (Å²) >= 11 is 0. The third kappa shape index (κ3) is 11.5. The molecule has 0 fully saturated rings. The zero-order chi connectivity index (χ0) is 0. The van der Waals surface area contributed by atoms with Crippen LogP contribution in [-0.4, -0.2) is 0 Å². The number of hydrogen-bond acceptors (Lipinski definition) is 0. The second-order valence-corrected chi connectivity index (χ2v) is 0. The topological polar surface area (TPSA) is 57.0 Å². The molecule has 0 aliphatic carbocycles. The molecular weight excluding hydrogens is 111 g/mol. The maximum atomic E-state index is 0. The molecule has 0 heterocycles. The molecule has 0 bridgehead atoms. The van der Waals surface area contributed by atoms with E-state index in [1.807, 2.05) is 0 Å². The molecule has 0 aromatic heterocycles. The second-order valence-electron chi connectivity index (χ2n) is 0. The van der Waals surface area contributed by atoms with Crippen LogP contribution in [0.4, 0.5) is 0 Å². The van der Waals surface area contributed by atoms with Gasteiger partial charge in [-0.1, -0.05) is 0 Å². The molecule has 0 saturated heterocycles. The first-order valence-corrected chi connectivity index (χ1v) is 0. The second kappa shape index (κ2) is 33.7. The van der Waals surface area contributed by atoms with Gasteiger partial charge in [0.05, 0.1) is 0 Å². The van der Waals surface area contributed by atoms with Gasteiger partial charge >= 0.3 is 31.6 Å². The maximum Gasteiger partial charge on any atom is 4.00 e. The van der Waals surface area contributed by atoms with E-state index in [2.05, 4.69) is 0 Å². The van der Waals surface area contributed by atoms with Gasteiger partial charge in [-0.25, -0.2) is 0 Å². The van der Waals surface area contributed by atoms with E-state index in [4.69, 9.17) is 0 Å². The molecule has 2 nitrogen and oxygen atoms in total. The van der Waals surface area contributed by atoms with Gasteiger partial charge in [0.15, 0.2) is 0 Å². The molecule has 18 valence electrons. The Bertz CT molecular complexity index is 6.00. The monoisotopic (exact) mass is 111 g/mol. The number of hydrogen-bond donors (Lipinski definition) is 0. The first-order chi connectivity index (χ1) is 0. The van der Waals surface area contributed by atoms with Crippen LogP contribution in [0.15, 0.2) is 0 Å². The van der Waals surface area contributed by atoms with E-state index in [0.29, 0.717) is 0 Å². The molecule has 0 N–H and O–H groups in total. The summed E-state index contributed by atoms with van der Waals surface area (Å²) in [5, 5.41) is 0. The molecule has 4 heteroatoms. The average molecular weight is 111 g/mol. The molecule has 0 spiro atoms. The Kier molecular flexibility index (Phi) is 622. The van der Waals surface area contributed by atoms with E-state index in [9.17, 15) is 0 Å². The summed E-state index contributed by atoms with van der Waals surface area (Å²) in [6.07, 6.45) is 0. The molecule has 2 radical (unpaired) electrons. The van der Waals surface area contributed by atoms with E-state index < -0.39 is 0 Å². The van der Waals surface area contributed by atoms with Gasteiger partial charge in [-0.15, -0.1) is 0 Å². The van der Waals surface area contributed by atoms with Gasteiger partial charge in [0.1, 0.15) is 0 Å². The van der Waals surface area contributed by atoms with Crippen LogP contribution in [0.1, 0.15) is 0 Å². The molecular formula is O2PTi+3. The van der Waals surface area contributed by atoms with Crippen LogP contribution < -0.4 is 0 Å². The van der Waals surface area contributed by atoms with Crippen LogP contribution in [0.5, 0.6) is 0 Å². The molecule has 0 unspecified atom stereocenters. The Labute approximate surface area is 43.1 Å². The molecule has 0 aliphatic rings. The fourth-order valence-corrected chi connectivity index (χ4v) is 0. The molecule has 0 aromatic rings. The maximum absolute atomic E-state index is 0. The molecule has 4 heavy (non-hydrogen) atoms. The zero-order valence-corrected chi connectivity index (χ0v) is 4.22. The summed E-state index contributed by atoms with van der Waals surface area (Å²) in [6, 6.07) is 0. The smallest absolute Gasteiger partial charge is 2.00 e. The van der Waals surface area contributed by atoms with Crippen molar-refractivity contribution in [2.75, 3.05) is 0 Å². The molecule has 0 atom stereocenters. The SMILES string of the molecule is [O-2].[O-2].[P+3].[Ti+4]. The Morgan fingerprint density at radius 2 is 0.750 bits per heavy atom. The first-order valence-electron chi connectivity index (χ1n) is 0. The van der Waals surface area contributed by atoms with E-state index in [1.165, 1.54) is 0 Å². The Hall–Kier alpha value is 1.06. The fraction of sp³-hybridized carbons (Fsp3) is 0. The Balaban J connectivity index is 0. The van der Waals surface area contributed by atoms with Crippen LogP contribution in [0.2, 0.25) is 0 Å². The molecule has 0 amide bonds. The van der Waals surface area contributed by atoms with Crippen molar-refractivity contribution in [2.45, 2.75) is 0 Å². The standard InChI is InChI=1S/2O.P.Ti/q2*-2;+3;+4. The van der Waals surface area contributed by atoms with Crippen LogP contribution in [0.3, 0.4) is 0 Å². The van der Waals surface area contributed by atoms with Crippen molar-refractivity contribution in [2.24, 2.45) is 0 Å². The predicted molar refractivity (Wildman–Crippen MR) is 8.29 cm³/mol. The van der Waals surface area contributed by atoms with Crippen molar-refractivity contribution < 1.29 is 32.7 Å². The normalized spacial score (nSPS) is 0. The van der Waals surface area contributed by atoms with Crippen molar-refractivity contribution in [3.05, 3.63) is 0 Å². The van der Waals surface area contributed by atoms with Crippen molar-refractivity contribution in [1.29, 1.82) is 0 Å². The molecule has 0 rings (SSSR count). The van der Waals surface area contributed by atoms with Crippen molar-refractivity contribution in [1.82, 2.24) is 0 Å². The van der Waals surface area contributed by atoms with Crippen LogP contribution >= 0.6 is 9.90 Å². The fourth-order valence-electron chi connectivity index (χ4n) is 0. The summed E-state index contributed by atoms with van der Waals surface area (Å²) in [6.45, 7) is 0. The van der Waals surface area contributed by atoms with Gasteiger partial charge in [-0.3, -0.25) is 0 Å². The van der Waals surface area contributed by atoms with Crippen LogP contribution in [0, 0.1) is 0 Å². The molecule has 0 aromatic carbocycles. The zero-order valence-electron chi connectivity index (χ0n) is 1.76. The number of rotatable bonds is 0. The van der Waals surface area contributed by atoms with Gasteiger partial charge in [0, 0.05) is 0 Å². The van der Waals surface area contributed by atoms with Gasteiger partial charge in [-0.05, 0) is 0 Å². The van der Waals surface area contributed by atoms with Gasteiger partial charge < -0.3 is 11.0 Å². The quantitative estimate of drug-likeness (QED) is 0.325. The van der Waals surface area contributed by atoms with Crippen molar-refractivity contribution in [3.8, 4) is 0 Å². The van der Waals surface area contributed by atoms with Crippen LogP contribution in [0.25, 0.3) is 0 Å². The predicted octanol–water partition coefficient (Wildman–Crippen LogP) is 0.621. The van der Waals surface area contributed by atoms with Gasteiger partial charge in [-0.2, -0.15) is 0 Å². The van der Waals surface area contributed by atoms with E-state index in [-0.39, 0.29) is 42.6 Å². The van der Waals surface area contributed by atoms with Crippen molar-refractivity contribution >= 4 is 9.90 Å². The molecule has 0 aliphatic heterocycles. The Morgan fingerprint density at radius 3 is 0.750 bits per heavy atom.